The molecular formula is C38H45FN4O5. The second-order valence-electron chi connectivity index (χ2n) is 13.2. The molecule has 0 saturated carbocycles. The van der Waals surface area contributed by atoms with Gasteiger partial charge in [0.2, 0.25) is 0 Å². The predicted molar refractivity (Wildman–Crippen MR) is 186 cm³/mol. The molecule has 48 heavy (non-hydrogen) atoms. The SMILES string of the molecule is C=CCOc1cc(F)ccc1-c1cccc(-c2cc3nc(C)c([C@H](OC(C)(C)C)C(=O)OC)c(N4CCC(C)(OCC=C)CC4)n3n2)c1. The maximum absolute atomic E-state index is 14.1. The molecule has 0 bridgehead atoms. The quantitative estimate of drug-likeness (QED) is 0.113. The van der Waals surface area contributed by atoms with E-state index in [4.69, 9.17) is 29.0 Å². The molecule has 9 nitrogen and oxygen atoms in total. The fraction of sp³-hybridized carbons (Fsp3) is 0.395. The lowest BCUT2D eigenvalue weighted by Gasteiger charge is -2.41. The van der Waals surface area contributed by atoms with Gasteiger partial charge in [-0.2, -0.15) is 9.61 Å². The molecule has 0 aliphatic carbocycles. The van der Waals surface area contributed by atoms with Crippen LogP contribution in [0, 0.1) is 12.7 Å². The molecule has 254 valence electrons. The molecule has 0 N–H and O–H groups in total. The first-order valence-electron chi connectivity index (χ1n) is 16.2. The Kier molecular flexibility index (Phi) is 10.4. The minimum atomic E-state index is -1.03. The lowest BCUT2D eigenvalue weighted by atomic mass is 9.92. The number of rotatable bonds is 12. The number of carbonyl (C=O) groups excluding carboxylic acids is 1. The van der Waals surface area contributed by atoms with Crippen LogP contribution in [0.4, 0.5) is 10.2 Å². The summed E-state index contributed by atoms with van der Waals surface area (Å²) in [5.41, 5.74) is 4.02. The number of anilines is 1. The number of aromatic nitrogens is 3. The van der Waals surface area contributed by atoms with Crippen LogP contribution in [0.3, 0.4) is 0 Å². The minimum Gasteiger partial charge on any atom is -0.489 e. The van der Waals surface area contributed by atoms with Crippen molar-refractivity contribution in [2.75, 3.05) is 38.3 Å². The minimum absolute atomic E-state index is 0.250. The number of benzene rings is 2. The Hall–Kier alpha value is -4.54. The first kappa shape index (κ1) is 34.8. The number of ether oxygens (including phenoxy) is 4. The maximum Gasteiger partial charge on any atom is 0.339 e. The van der Waals surface area contributed by atoms with Gasteiger partial charge in [-0.3, -0.25) is 0 Å². The van der Waals surface area contributed by atoms with E-state index in [9.17, 15) is 9.18 Å². The summed E-state index contributed by atoms with van der Waals surface area (Å²) in [6.07, 6.45) is 3.88. The van der Waals surface area contributed by atoms with E-state index in [-0.39, 0.29) is 18.0 Å². The van der Waals surface area contributed by atoms with Crippen LogP contribution in [0.15, 0.2) is 73.8 Å². The molecule has 4 aromatic rings. The highest BCUT2D eigenvalue weighted by molar-refractivity contribution is 5.81. The Morgan fingerprint density at radius 2 is 1.77 bits per heavy atom. The third kappa shape index (κ3) is 7.61. The molecule has 0 radical (unpaired) electrons. The number of aryl methyl sites for hydroxylation is 1. The maximum atomic E-state index is 14.1. The highest BCUT2D eigenvalue weighted by Crippen LogP contribution is 2.39. The van der Waals surface area contributed by atoms with Crippen molar-refractivity contribution in [3.05, 3.63) is 90.9 Å². The number of esters is 1. The van der Waals surface area contributed by atoms with Crippen molar-refractivity contribution in [1.82, 2.24) is 14.6 Å². The molecule has 0 spiro atoms. The van der Waals surface area contributed by atoms with E-state index in [0.717, 1.165) is 35.3 Å². The summed E-state index contributed by atoms with van der Waals surface area (Å²) in [6.45, 7) is 19.3. The molecule has 1 atom stereocenters. The Bertz CT molecular complexity index is 1800. The third-order valence-electron chi connectivity index (χ3n) is 8.39. The molecule has 2 aromatic carbocycles. The molecule has 5 rings (SSSR count). The van der Waals surface area contributed by atoms with E-state index >= 15 is 0 Å². The largest absolute Gasteiger partial charge is 0.489 e. The molecule has 0 amide bonds. The Labute approximate surface area is 282 Å². The van der Waals surface area contributed by atoms with Crippen LogP contribution in [-0.2, 0) is 19.0 Å². The number of methoxy groups -OCH3 is 1. The summed E-state index contributed by atoms with van der Waals surface area (Å²) in [6, 6.07) is 14.3. The second-order valence-corrected chi connectivity index (χ2v) is 13.2. The van der Waals surface area contributed by atoms with Gasteiger partial charge in [-0.15, -0.1) is 6.58 Å². The van der Waals surface area contributed by atoms with Crippen LogP contribution in [0.5, 0.6) is 5.75 Å². The van der Waals surface area contributed by atoms with Gasteiger partial charge in [0.05, 0.1) is 36.2 Å². The van der Waals surface area contributed by atoms with Crippen molar-refractivity contribution in [3.8, 4) is 28.1 Å². The van der Waals surface area contributed by atoms with Gasteiger partial charge >= 0.3 is 5.97 Å². The van der Waals surface area contributed by atoms with Crippen molar-refractivity contribution in [3.63, 3.8) is 0 Å². The van der Waals surface area contributed by atoms with Crippen molar-refractivity contribution >= 4 is 17.4 Å². The Morgan fingerprint density at radius 3 is 2.44 bits per heavy atom. The van der Waals surface area contributed by atoms with Gasteiger partial charge in [0.15, 0.2) is 11.8 Å². The molecule has 1 fully saturated rings. The van der Waals surface area contributed by atoms with E-state index in [1.165, 1.54) is 19.2 Å². The first-order valence-corrected chi connectivity index (χ1v) is 16.2. The Balaban J connectivity index is 1.65. The second kappa shape index (κ2) is 14.3. The Morgan fingerprint density at radius 1 is 1.06 bits per heavy atom. The van der Waals surface area contributed by atoms with Gasteiger partial charge in [-0.25, -0.2) is 14.2 Å². The average Bonchev–Trinajstić information content (AvgIpc) is 3.48. The summed E-state index contributed by atoms with van der Waals surface area (Å²) < 4.78 is 39.5. The average molecular weight is 657 g/mol. The molecule has 3 heterocycles. The van der Waals surface area contributed by atoms with Gasteiger partial charge in [0.1, 0.15) is 24.0 Å². The molecule has 1 aliphatic heterocycles. The molecule has 0 unspecified atom stereocenters. The number of fused-ring (bicyclic) bond motifs is 1. The lowest BCUT2D eigenvalue weighted by Crippen LogP contribution is -2.45. The summed E-state index contributed by atoms with van der Waals surface area (Å²) in [7, 11) is 1.36. The van der Waals surface area contributed by atoms with Gasteiger partial charge < -0.3 is 23.8 Å². The van der Waals surface area contributed by atoms with Crippen molar-refractivity contribution < 1.29 is 28.1 Å². The molecule has 1 saturated heterocycles. The lowest BCUT2D eigenvalue weighted by molar-refractivity contribution is -0.164. The zero-order valence-electron chi connectivity index (χ0n) is 28.7. The zero-order chi connectivity index (χ0) is 34.6. The van der Waals surface area contributed by atoms with Crippen molar-refractivity contribution in [2.24, 2.45) is 0 Å². The van der Waals surface area contributed by atoms with Crippen LogP contribution in [0.2, 0.25) is 0 Å². The standard InChI is InChI=1S/C38H45FN4O5/c1-9-20-46-31-23-28(39)14-15-29(31)26-12-11-13-27(22-26)30-24-32-40-25(3)33(34(36(44)45-8)48-37(4,5)6)35(43(32)41-30)42-18-16-38(7,17-19-42)47-21-10-2/h9-15,22-24,34H,1-2,16-21H2,3-8H3/t34-/m0/s1. The highest BCUT2D eigenvalue weighted by Gasteiger charge is 2.38. The van der Waals surface area contributed by atoms with Gasteiger partial charge in [-0.1, -0.05) is 36.9 Å². The van der Waals surface area contributed by atoms with Gasteiger partial charge in [0.25, 0.3) is 0 Å². The van der Waals surface area contributed by atoms with Gasteiger partial charge in [-0.05, 0) is 71.2 Å². The summed E-state index contributed by atoms with van der Waals surface area (Å²) in [4.78, 5) is 20.5. The first-order chi connectivity index (χ1) is 22.9. The number of nitrogens with zero attached hydrogens (tertiary/aromatic N) is 4. The molecule has 1 aliphatic rings. The highest BCUT2D eigenvalue weighted by atomic mass is 19.1. The van der Waals surface area contributed by atoms with E-state index in [1.807, 2.05) is 58.0 Å². The van der Waals surface area contributed by atoms with Crippen molar-refractivity contribution in [2.45, 2.75) is 64.8 Å². The smallest absolute Gasteiger partial charge is 0.339 e. The molecule has 2 aromatic heterocycles. The number of halogens is 1. The molecule has 10 heteroatoms. The van der Waals surface area contributed by atoms with Gasteiger partial charge in [0, 0.05) is 42.0 Å². The summed E-state index contributed by atoms with van der Waals surface area (Å²) >= 11 is 0. The van der Waals surface area contributed by atoms with E-state index in [1.54, 1.807) is 22.7 Å². The third-order valence-corrected chi connectivity index (χ3v) is 8.39. The topological polar surface area (TPSA) is 87.4 Å². The van der Waals surface area contributed by atoms with Crippen LogP contribution >= 0.6 is 0 Å². The number of carbonyl (C=O) groups is 1. The predicted octanol–water partition coefficient (Wildman–Crippen LogP) is 7.67. The fourth-order valence-corrected chi connectivity index (χ4v) is 6.00. The van der Waals surface area contributed by atoms with Crippen LogP contribution in [0.1, 0.15) is 57.9 Å². The van der Waals surface area contributed by atoms with E-state index in [0.29, 0.717) is 48.0 Å². The van der Waals surface area contributed by atoms with Crippen molar-refractivity contribution in [1.29, 1.82) is 0 Å². The van der Waals surface area contributed by atoms with E-state index in [2.05, 4.69) is 25.0 Å². The van der Waals surface area contributed by atoms with Crippen LogP contribution in [-0.4, -0.2) is 65.2 Å². The monoisotopic (exact) mass is 656 g/mol. The summed E-state index contributed by atoms with van der Waals surface area (Å²) in [5, 5.41) is 5.09. The zero-order valence-corrected chi connectivity index (χ0v) is 28.7. The normalized spacial score (nSPS) is 15.3. The van der Waals surface area contributed by atoms with Crippen LogP contribution in [0.25, 0.3) is 28.0 Å². The van der Waals surface area contributed by atoms with Crippen LogP contribution < -0.4 is 9.64 Å². The number of hydrogen-bond acceptors (Lipinski definition) is 8. The summed E-state index contributed by atoms with van der Waals surface area (Å²) in [5.74, 6) is 0.252. The molecular weight excluding hydrogens is 611 g/mol. The number of piperidine rings is 1. The fourth-order valence-electron chi connectivity index (χ4n) is 6.00. The number of hydrogen-bond donors (Lipinski definition) is 0. The van der Waals surface area contributed by atoms with E-state index < -0.39 is 17.7 Å².